The lowest BCUT2D eigenvalue weighted by molar-refractivity contribution is -0.142. The molecule has 0 radical (unpaired) electrons. The molecule has 1 aromatic heterocycles. The summed E-state index contributed by atoms with van der Waals surface area (Å²) in [5, 5.41) is 0. The van der Waals surface area contributed by atoms with Crippen LogP contribution in [0.4, 0.5) is 0 Å². The molecular formula is C14H21N3O4S. The highest BCUT2D eigenvalue weighted by molar-refractivity contribution is 7.87. The van der Waals surface area contributed by atoms with Gasteiger partial charge in [-0.15, -0.1) is 0 Å². The second kappa shape index (κ2) is 7.66. The minimum atomic E-state index is -3.69. The number of hydrogen-bond donors (Lipinski definition) is 1. The lowest BCUT2D eigenvalue weighted by atomic mass is 10.1. The number of pyridine rings is 1. The van der Waals surface area contributed by atoms with Gasteiger partial charge in [-0.1, -0.05) is 6.42 Å². The summed E-state index contributed by atoms with van der Waals surface area (Å²) in [4.78, 5) is 15.8. The Morgan fingerprint density at radius 2 is 1.95 bits per heavy atom. The maximum Gasteiger partial charge on any atom is 0.324 e. The van der Waals surface area contributed by atoms with Crippen molar-refractivity contribution >= 4 is 16.2 Å². The summed E-state index contributed by atoms with van der Waals surface area (Å²) in [5.74, 6) is -0.600. The summed E-state index contributed by atoms with van der Waals surface area (Å²) in [5.41, 5.74) is 0.812. The molecule has 1 N–H and O–H groups in total. The molecule has 0 aliphatic carbocycles. The molecule has 0 aromatic carbocycles. The van der Waals surface area contributed by atoms with Gasteiger partial charge in [0.25, 0.3) is 10.2 Å². The number of piperidine rings is 1. The Morgan fingerprint density at radius 3 is 2.55 bits per heavy atom. The molecule has 8 heteroatoms. The molecule has 122 valence electrons. The third-order valence-corrected chi connectivity index (χ3v) is 5.25. The zero-order valence-corrected chi connectivity index (χ0v) is 13.4. The van der Waals surface area contributed by atoms with Gasteiger partial charge in [0.05, 0.1) is 7.11 Å². The van der Waals surface area contributed by atoms with Gasteiger partial charge in [-0.25, -0.2) is 0 Å². The zero-order chi connectivity index (χ0) is 16.0. The van der Waals surface area contributed by atoms with Gasteiger partial charge >= 0.3 is 5.97 Å². The lowest BCUT2D eigenvalue weighted by Crippen LogP contribution is -2.50. The molecule has 1 saturated heterocycles. The molecule has 1 fully saturated rings. The number of rotatable bonds is 6. The van der Waals surface area contributed by atoms with Gasteiger partial charge in [-0.2, -0.15) is 17.4 Å². The first-order valence-electron chi connectivity index (χ1n) is 7.27. The van der Waals surface area contributed by atoms with Crippen LogP contribution in [0.1, 0.15) is 24.8 Å². The second-order valence-corrected chi connectivity index (χ2v) is 6.92. The number of ether oxygens (including phenoxy) is 1. The molecule has 1 aromatic rings. The van der Waals surface area contributed by atoms with Gasteiger partial charge in [0, 0.05) is 25.5 Å². The lowest BCUT2D eigenvalue weighted by Gasteiger charge is -2.27. The number of aromatic nitrogens is 1. The van der Waals surface area contributed by atoms with E-state index in [1.165, 1.54) is 11.4 Å². The Labute approximate surface area is 130 Å². The number of hydrogen-bond acceptors (Lipinski definition) is 5. The normalized spacial score (nSPS) is 17.9. The summed E-state index contributed by atoms with van der Waals surface area (Å²) >= 11 is 0. The Hall–Kier alpha value is -1.51. The molecule has 7 nitrogen and oxygen atoms in total. The molecular weight excluding hydrogens is 306 g/mol. The molecule has 22 heavy (non-hydrogen) atoms. The number of methoxy groups -OCH3 is 1. The number of carbonyl (C=O) groups excluding carboxylic acids is 1. The number of nitrogens with zero attached hydrogens (tertiary/aromatic N) is 2. The van der Waals surface area contributed by atoms with Gasteiger partial charge in [0.15, 0.2) is 0 Å². The van der Waals surface area contributed by atoms with Crippen LogP contribution in [-0.2, 0) is 26.2 Å². The highest BCUT2D eigenvalue weighted by Gasteiger charge is 2.30. The van der Waals surface area contributed by atoms with Crippen LogP contribution in [0.25, 0.3) is 0 Å². The molecule has 1 atom stereocenters. The molecule has 1 aliphatic rings. The van der Waals surface area contributed by atoms with Crippen LogP contribution in [0.2, 0.25) is 0 Å². The molecule has 0 spiro atoms. The van der Waals surface area contributed by atoms with E-state index in [-0.39, 0.29) is 6.42 Å². The van der Waals surface area contributed by atoms with Crippen molar-refractivity contribution in [3.63, 3.8) is 0 Å². The Balaban J connectivity index is 2.10. The molecule has 0 bridgehead atoms. The topological polar surface area (TPSA) is 88.6 Å². The van der Waals surface area contributed by atoms with Crippen molar-refractivity contribution in [2.45, 2.75) is 31.7 Å². The highest BCUT2D eigenvalue weighted by atomic mass is 32.2. The maximum absolute atomic E-state index is 12.4. The van der Waals surface area contributed by atoms with Crippen molar-refractivity contribution in [1.82, 2.24) is 14.0 Å². The average Bonchev–Trinajstić information content (AvgIpc) is 2.55. The zero-order valence-electron chi connectivity index (χ0n) is 12.6. The third kappa shape index (κ3) is 4.49. The van der Waals surface area contributed by atoms with Crippen LogP contribution in [0.5, 0.6) is 0 Å². The number of carbonyl (C=O) groups is 1. The molecule has 0 saturated carbocycles. The smallest absolute Gasteiger partial charge is 0.324 e. The largest absolute Gasteiger partial charge is 0.468 e. The van der Waals surface area contributed by atoms with Gasteiger partial charge in [0.1, 0.15) is 6.04 Å². The number of nitrogens with one attached hydrogen (secondary N) is 1. The molecule has 2 heterocycles. The molecule has 2 rings (SSSR count). The Bertz CT molecular complexity index is 585. The van der Waals surface area contributed by atoms with Crippen LogP contribution >= 0.6 is 0 Å². The first kappa shape index (κ1) is 16.9. The SMILES string of the molecule is COC(=O)C(Cc1ccncc1)NS(=O)(=O)N1CCCCC1. The van der Waals surface area contributed by atoms with Crippen molar-refractivity contribution in [2.75, 3.05) is 20.2 Å². The standard InChI is InChI=1S/C14H21N3O4S/c1-21-14(18)13(11-12-5-7-15-8-6-12)16-22(19,20)17-9-3-2-4-10-17/h5-8,13,16H,2-4,9-11H2,1H3. The van der Waals surface area contributed by atoms with E-state index in [0.29, 0.717) is 13.1 Å². The summed E-state index contributed by atoms with van der Waals surface area (Å²) in [6.45, 7) is 0.969. The van der Waals surface area contributed by atoms with Crippen molar-refractivity contribution in [1.29, 1.82) is 0 Å². The summed E-state index contributed by atoms with van der Waals surface area (Å²) in [7, 11) is -2.44. The minimum Gasteiger partial charge on any atom is -0.468 e. The van der Waals surface area contributed by atoms with E-state index in [2.05, 4.69) is 9.71 Å². The third-order valence-electron chi connectivity index (χ3n) is 3.62. The molecule has 0 amide bonds. The predicted molar refractivity (Wildman–Crippen MR) is 81.2 cm³/mol. The van der Waals surface area contributed by atoms with Crippen molar-refractivity contribution in [3.8, 4) is 0 Å². The highest BCUT2D eigenvalue weighted by Crippen LogP contribution is 2.13. The second-order valence-electron chi connectivity index (χ2n) is 5.22. The molecule has 1 unspecified atom stereocenters. The van der Waals surface area contributed by atoms with Gasteiger partial charge in [0.2, 0.25) is 0 Å². The minimum absolute atomic E-state index is 0.224. The van der Waals surface area contributed by atoms with Crippen molar-refractivity contribution < 1.29 is 17.9 Å². The fourth-order valence-electron chi connectivity index (χ4n) is 2.43. The van der Waals surface area contributed by atoms with Gasteiger partial charge < -0.3 is 4.74 Å². The van der Waals surface area contributed by atoms with Crippen LogP contribution in [0.3, 0.4) is 0 Å². The van der Waals surface area contributed by atoms with E-state index >= 15 is 0 Å². The van der Waals surface area contributed by atoms with Gasteiger partial charge in [-0.05, 0) is 37.0 Å². The van der Waals surface area contributed by atoms with Crippen LogP contribution in [0.15, 0.2) is 24.5 Å². The van der Waals surface area contributed by atoms with Crippen LogP contribution in [0, 0.1) is 0 Å². The quantitative estimate of drug-likeness (QED) is 0.768. The predicted octanol–water partition coefficient (Wildman–Crippen LogP) is 0.486. The van der Waals surface area contributed by atoms with E-state index in [1.807, 2.05) is 0 Å². The first-order chi connectivity index (χ1) is 10.5. The number of esters is 1. The van der Waals surface area contributed by atoms with Gasteiger partial charge in [-0.3, -0.25) is 9.78 Å². The van der Waals surface area contributed by atoms with E-state index in [0.717, 1.165) is 24.8 Å². The first-order valence-corrected chi connectivity index (χ1v) is 8.71. The fraction of sp³-hybridized carbons (Fsp3) is 0.571. The van der Waals surface area contributed by atoms with Crippen LogP contribution in [-0.4, -0.2) is 49.9 Å². The Kier molecular flexibility index (Phi) is 5.87. The van der Waals surface area contributed by atoms with Crippen molar-refractivity contribution in [2.24, 2.45) is 0 Å². The van der Waals surface area contributed by atoms with E-state index in [9.17, 15) is 13.2 Å². The van der Waals surface area contributed by atoms with E-state index < -0.39 is 22.2 Å². The Morgan fingerprint density at radius 1 is 1.32 bits per heavy atom. The maximum atomic E-state index is 12.4. The van der Waals surface area contributed by atoms with E-state index in [1.54, 1.807) is 24.5 Å². The fourth-order valence-corrected chi connectivity index (χ4v) is 3.86. The monoisotopic (exact) mass is 327 g/mol. The van der Waals surface area contributed by atoms with E-state index in [4.69, 9.17) is 4.74 Å². The average molecular weight is 327 g/mol. The molecule has 1 aliphatic heterocycles. The van der Waals surface area contributed by atoms with Crippen molar-refractivity contribution in [3.05, 3.63) is 30.1 Å². The summed E-state index contributed by atoms with van der Waals surface area (Å²) in [6.07, 6.45) is 6.14. The summed E-state index contributed by atoms with van der Waals surface area (Å²) in [6, 6.07) is 2.54. The van der Waals surface area contributed by atoms with Crippen LogP contribution < -0.4 is 4.72 Å². The summed E-state index contributed by atoms with van der Waals surface area (Å²) < 4.78 is 33.4.